The van der Waals surface area contributed by atoms with Gasteiger partial charge >= 0.3 is 15.5 Å². The smallest absolute Gasteiger partial charge is 0.218 e. The molecule has 3 aromatic carbocycles. The first kappa shape index (κ1) is 26.8. The Morgan fingerprint density at radius 1 is 0.686 bits per heavy atom. The van der Waals surface area contributed by atoms with Gasteiger partial charge in [0.05, 0.1) is 14.7 Å². The van der Waals surface area contributed by atoms with E-state index in [9.17, 15) is 42.8 Å². The minimum Gasteiger partial charge on any atom is -0.218 e. The first-order valence-electron chi connectivity index (χ1n) is 9.61. The Kier molecular flexibility index (Phi) is 7.14. The van der Waals surface area contributed by atoms with E-state index >= 15 is 0 Å². The molecule has 0 aromatic heterocycles. The van der Waals surface area contributed by atoms with E-state index in [0.717, 1.165) is 55.5 Å². The van der Waals surface area contributed by atoms with E-state index in [0.29, 0.717) is 0 Å². The molecule has 14 heteroatoms. The molecule has 1 unspecified atom stereocenters. The second-order valence-corrected chi connectivity index (χ2v) is 12.8. The van der Waals surface area contributed by atoms with Crippen LogP contribution in [0.3, 0.4) is 0 Å². The standard InChI is InChI=1S/C21H17F4NO6S3/c1-14(26-35(31,32)21(23,24)25)15-10-12-16(13-11-15)33(27,28)19-8-4-5-9-20(19)34(29,30)18-7-3-2-6-17(18)22/h2-14,26H,1H3. The van der Waals surface area contributed by atoms with E-state index in [4.69, 9.17) is 0 Å². The maximum Gasteiger partial charge on any atom is 0.511 e. The summed E-state index contributed by atoms with van der Waals surface area (Å²) in [6, 6.07) is 11.8. The van der Waals surface area contributed by atoms with Crippen LogP contribution >= 0.6 is 0 Å². The van der Waals surface area contributed by atoms with Crippen LogP contribution in [0.5, 0.6) is 0 Å². The van der Waals surface area contributed by atoms with E-state index in [1.807, 2.05) is 0 Å². The fraction of sp³-hybridized carbons (Fsp3) is 0.143. The van der Waals surface area contributed by atoms with Crippen LogP contribution in [0.2, 0.25) is 0 Å². The van der Waals surface area contributed by atoms with Gasteiger partial charge in [0.1, 0.15) is 10.7 Å². The normalized spacial score (nSPS) is 14.0. The Bertz CT molecular complexity index is 1570. The topological polar surface area (TPSA) is 114 Å². The fourth-order valence-electron chi connectivity index (χ4n) is 3.11. The van der Waals surface area contributed by atoms with Gasteiger partial charge in [0.2, 0.25) is 19.7 Å². The number of alkyl halides is 3. The van der Waals surface area contributed by atoms with E-state index < -0.39 is 66.6 Å². The Morgan fingerprint density at radius 2 is 1.14 bits per heavy atom. The summed E-state index contributed by atoms with van der Waals surface area (Å²) in [4.78, 5) is -2.44. The Labute approximate surface area is 199 Å². The predicted octanol–water partition coefficient (Wildman–Crippen LogP) is 3.99. The van der Waals surface area contributed by atoms with Gasteiger partial charge < -0.3 is 0 Å². The van der Waals surface area contributed by atoms with Crippen molar-refractivity contribution >= 4 is 29.7 Å². The zero-order chi connectivity index (χ0) is 26.2. The third kappa shape index (κ3) is 5.24. The number of nitrogens with one attached hydrogen (secondary N) is 1. The van der Waals surface area contributed by atoms with Crippen LogP contribution in [-0.4, -0.2) is 30.8 Å². The summed E-state index contributed by atoms with van der Waals surface area (Å²) in [6.07, 6.45) is 0. The molecule has 3 aromatic rings. The SMILES string of the molecule is CC(NS(=O)(=O)C(F)(F)F)c1ccc(S(=O)(=O)c2ccccc2S(=O)(=O)c2ccccc2F)cc1. The summed E-state index contributed by atoms with van der Waals surface area (Å²) in [7, 11) is -14.7. The zero-order valence-corrected chi connectivity index (χ0v) is 20.1. The first-order valence-corrected chi connectivity index (χ1v) is 14.1. The van der Waals surface area contributed by atoms with Crippen molar-refractivity contribution in [3.05, 3.63) is 84.2 Å². The number of sulfone groups is 2. The number of sulfonamides is 1. The lowest BCUT2D eigenvalue weighted by Crippen LogP contribution is -2.37. The summed E-state index contributed by atoms with van der Waals surface area (Å²) >= 11 is 0. The Morgan fingerprint density at radius 3 is 1.63 bits per heavy atom. The predicted molar refractivity (Wildman–Crippen MR) is 117 cm³/mol. The van der Waals surface area contributed by atoms with Crippen LogP contribution in [0.15, 0.2) is 92.4 Å². The molecule has 0 radical (unpaired) electrons. The van der Waals surface area contributed by atoms with E-state index in [-0.39, 0.29) is 5.56 Å². The molecular weight excluding hydrogens is 534 g/mol. The number of halogens is 4. The van der Waals surface area contributed by atoms with Gasteiger partial charge in [-0.1, -0.05) is 36.4 Å². The van der Waals surface area contributed by atoms with E-state index in [1.54, 1.807) is 0 Å². The van der Waals surface area contributed by atoms with Gasteiger partial charge in [0.15, 0.2) is 0 Å². The minimum atomic E-state index is -5.64. The van der Waals surface area contributed by atoms with Crippen LogP contribution in [0.1, 0.15) is 18.5 Å². The molecule has 0 spiro atoms. The van der Waals surface area contributed by atoms with Crippen molar-refractivity contribution < 1.29 is 42.8 Å². The van der Waals surface area contributed by atoms with Crippen molar-refractivity contribution in [3.8, 4) is 0 Å². The largest absolute Gasteiger partial charge is 0.511 e. The second kappa shape index (κ2) is 9.33. The van der Waals surface area contributed by atoms with Crippen molar-refractivity contribution in [1.82, 2.24) is 4.72 Å². The van der Waals surface area contributed by atoms with Crippen molar-refractivity contribution in [2.75, 3.05) is 0 Å². The van der Waals surface area contributed by atoms with Gasteiger partial charge in [-0.05, 0) is 48.9 Å². The molecule has 0 aliphatic rings. The summed E-state index contributed by atoms with van der Waals surface area (Å²) in [5.74, 6) is -1.07. The van der Waals surface area contributed by atoms with Crippen LogP contribution < -0.4 is 4.72 Å². The van der Waals surface area contributed by atoms with Crippen molar-refractivity contribution in [3.63, 3.8) is 0 Å². The average molecular weight is 552 g/mol. The molecule has 0 saturated carbocycles. The summed E-state index contributed by atoms with van der Waals surface area (Å²) in [5.41, 5.74) is -5.51. The van der Waals surface area contributed by atoms with Gasteiger partial charge in [0, 0.05) is 6.04 Å². The highest BCUT2D eigenvalue weighted by Crippen LogP contribution is 2.32. The van der Waals surface area contributed by atoms with Gasteiger partial charge in [-0.25, -0.2) is 34.4 Å². The van der Waals surface area contributed by atoms with Gasteiger partial charge in [-0.15, -0.1) is 0 Å². The number of rotatable bonds is 7. The molecule has 1 atom stereocenters. The monoisotopic (exact) mass is 551 g/mol. The molecule has 0 saturated heterocycles. The summed E-state index contributed by atoms with van der Waals surface area (Å²) < 4.78 is 129. The van der Waals surface area contributed by atoms with Gasteiger partial charge in [-0.2, -0.15) is 13.2 Å². The van der Waals surface area contributed by atoms with E-state index in [2.05, 4.69) is 0 Å². The van der Waals surface area contributed by atoms with Crippen LogP contribution in [-0.2, 0) is 29.7 Å². The molecule has 0 aliphatic heterocycles. The lowest BCUT2D eigenvalue weighted by atomic mass is 10.1. The maximum atomic E-state index is 14.2. The maximum absolute atomic E-state index is 14.2. The number of hydrogen-bond acceptors (Lipinski definition) is 6. The lowest BCUT2D eigenvalue weighted by molar-refractivity contribution is -0.0450. The number of benzene rings is 3. The third-order valence-electron chi connectivity index (χ3n) is 4.88. The highest BCUT2D eigenvalue weighted by atomic mass is 32.2. The molecule has 0 fully saturated rings. The number of hydrogen-bond donors (Lipinski definition) is 1. The first-order chi connectivity index (χ1) is 16.1. The van der Waals surface area contributed by atoms with Gasteiger partial charge in [-0.3, -0.25) is 0 Å². The second-order valence-electron chi connectivity index (χ2n) is 7.24. The Balaban J connectivity index is 2.01. The fourth-order valence-corrected chi connectivity index (χ4v) is 7.25. The third-order valence-corrected chi connectivity index (χ3v) is 9.96. The summed E-state index contributed by atoms with van der Waals surface area (Å²) in [6.45, 7) is 1.13. The lowest BCUT2D eigenvalue weighted by Gasteiger charge is -2.17. The molecule has 0 bridgehead atoms. The highest BCUT2D eigenvalue weighted by Gasteiger charge is 2.46. The van der Waals surface area contributed by atoms with Crippen LogP contribution in [0.25, 0.3) is 0 Å². The van der Waals surface area contributed by atoms with Crippen molar-refractivity contribution in [2.24, 2.45) is 0 Å². The summed E-state index contributed by atoms with van der Waals surface area (Å²) in [5, 5.41) is 0. The minimum absolute atomic E-state index is 0.0176. The molecule has 7 nitrogen and oxygen atoms in total. The van der Waals surface area contributed by atoms with Crippen LogP contribution in [0, 0.1) is 5.82 Å². The highest BCUT2D eigenvalue weighted by molar-refractivity contribution is 7.94. The van der Waals surface area contributed by atoms with Crippen molar-refractivity contribution in [1.29, 1.82) is 0 Å². The van der Waals surface area contributed by atoms with Crippen LogP contribution in [0.4, 0.5) is 17.6 Å². The molecule has 0 amide bonds. The molecule has 1 N–H and O–H groups in total. The molecule has 35 heavy (non-hydrogen) atoms. The molecule has 3 rings (SSSR count). The van der Waals surface area contributed by atoms with Gasteiger partial charge in [0.25, 0.3) is 0 Å². The zero-order valence-electron chi connectivity index (χ0n) is 17.7. The molecule has 0 heterocycles. The quantitative estimate of drug-likeness (QED) is 0.444. The molecule has 0 aliphatic carbocycles. The molecular formula is C21H17F4NO6S3. The van der Waals surface area contributed by atoms with Crippen molar-refractivity contribution in [2.45, 2.75) is 38.1 Å². The Hall–Kier alpha value is -2.81. The van der Waals surface area contributed by atoms with E-state index in [1.165, 1.54) is 29.0 Å². The molecule has 188 valence electrons. The average Bonchev–Trinajstić information content (AvgIpc) is 2.78.